The Morgan fingerprint density at radius 3 is 2.36 bits per heavy atom. The number of fused-ring (bicyclic) bond motifs is 1. The number of benzene rings is 4. The summed E-state index contributed by atoms with van der Waals surface area (Å²) in [6.07, 6.45) is 1.76. The van der Waals surface area contributed by atoms with E-state index in [-0.39, 0.29) is 23.8 Å². The number of anilines is 1. The average molecular weight is 691 g/mol. The number of thiazole rings is 1. The fourth-order valence-corrected chi connectivity index (χ4v) is 6.82. The summed E-state index contributed by atoms with van der Waals surface area (Å²) in [5.41, 5.74) is 5.46. The van der Waals surface area contributed by atoms with Crippen LogP contribution in [0.3, 0.4) is 0 Å². The average Bonchev–Trinajstić information content (AvgIpc) is 3.41. The van der Waals surface area contributed by atoms with Gasteiger partial charge in [-0.2, -0.15) is 0 Å². The summed E-state index contributed by atoms with van der Waals surface area (Å²) in [6, 6.07) is 23.8. The minimum absolute atomic E-state index is 0.00302. The molecule has 0 unspecified atom stereocenters. The summed E-state index contributed by atoms with van der Waals surface area (Å²) in [5, 5.41) is 14.0. The number of rotatable bonds is 10. The van der Waals surface area contributed by atoms with Crippen molar-refractivity contribution in [1.82, 2.24) is 4.57 Å². The van der Waals surface area contributed by atoms with Crippen molar-refractivity contribution in [2.45, 2.75) is 33.4 Å². The predicted molar refractivity (Wildman–Crippen MR) is 192 cm³/mol. The maximum atomic E-state index is 14.2. The molecule has 0 fully saturated rings. The van der Waals surface area contributed by atoms with Crippen LogP contribution >= 0.6 is 11.3 Å². The van der Waals surface area contributed by atoms with Gasteiger partial charge in [-0.15, -0.1) is 0 Å². The number of allylic oxidation sites excluding steroid dienone is 1. The number of nitro benzene ring substituents is 1. The van der Waals surface area contributed by atoms with E-state index in [2.05, 4.69) is 5.32 Å². The van der Waals surface area contributed by atoms with Gasteiger partial charge in [-0.1, -0.05) is 47.2 Å². The van der Waals surface area contributed by atoms with Crippen LogP contribution in [-0.4, -0.2) is 29.6 Å². The van der Waals surface area contributed by atoms with E-state index < -0.39 is 11.0 Å². The van der Waals surface area contributed by atoms with Gasteiger partial charge >= 0.3 is 0 Å². The SMILES string of the molecule is COc1ccc([C@H]2C(C(=O)Nc3ccc(C)cc3C)=C(C)N=c3s/c(=C/c4ccc(OCc5ccc([N+](=O)[O-])cc5)c(OC)c4)c(=O)n32)cc1. The van der Waals surface area contributed by atoms with Crippen molar-refractivity contribution in [3.8, 4) is 17.2 Å². The molecular weight excluding hydrogens is 657 g/mol. The van der Waals surface area contributed by atoms with E-state index in [9.17, 15) is 19.7 Å². The van der Waals surface area contributed by atoms with Crippen LogP contribution in [0.1, 0.15) is 40.8 Å². The zero-order valence-electron chi connectivity index (χ0n) is 28.1. The molecule has 1 N–H and O–H groups in total. The number of carbonyl (C=O) groups is 1. The van der Waals surface area contributed by atoms with Crippen molar-refractivity contribution in [2.24, 2.45) is 4.99 Å². The summed E-state index contributed by atoms with van der Waals surface area (Å²) < 4.78 is 18.9. The van der Waals surface area contributed by atoms with Crippen LogP contribution in [0.15, 0.2) is 106 Å². The van der Waals surface area contributed by atoms with Gasteiger partial charge in [0.15, 0.2) is 16.3 Å². The van der Waals surface area contributed by atoms with Crippen LogP contribution in [0.4, 0.5) is 11.4 Å². The topological polar surface area (TPSA) is 134 Å². The lowest BCUT2D eigenvalue weighted by atomic mass is 9.95. The highest BCUT2D eigenvalue weighted by atomic mass is 32.1. The molecule has 6 rings (SSSR count). The van der Waals surface area contributed by atoms with Crippen molar-refractivity contribution < 1.29 is 23.9 Å². The second kappa shape index (κ2) is 14.2. The highest BCUT2D eigenvalue weighted by Crippen LogP contribution is 2.33. The van der Waals surface area contributed by atoms with E-state index in [1.165, 1.54) is 30.6 Å². The maximum Gasteiger partial charge on any atom is 0.271 e. The lowest BCUT2D eigenvalue weighted by Crippen LogP contribution is -2.40. The lowest BCUT2D eigenvalue weighted by molar-refractivity contribution is -0.384. The number of methoxy groups -OCH3 is 2. The molecule has 11 nitrogen and oxygen atoms in total. The summed E-state index contributed by atoms with van der Waals surface area (Å²) in [4.78, 5) is 43.9. The molecule has 0 saturated carbocycles. The highest BCUT2D eigenvalue weighted by molar-refractivity contribution is 7.07. The molecule has 12 heteroatoms. The summed E-state index contributed by atoms with van der Waals surface area (Å²) in [5.74, 6) is 1.23. The van der Waals surface area contributed by atoms with Crippen LogP contribution in [0, 0.1) is 24.0 Å². The fourth-order valence-electron chi connectivity index (χ4n) is 5.78. The molecule has 0 bridgehead atoms. The molecule has 1 amide bonds. The van der Waals surface area contributed by atoms with Gasteiger partial charge in [0.1, 0.15) is 12.4 Å². The van der Waals surface area contributed by atoms with Crippen molar-refractivity contribution in [3.05, 3.63) is 154 Å². The van der Waals surface area contributed by atoms with Crippen LogP contribution in [0.5, 0.6) is 17.2 Å². The summed E-state index contributed by atoms with van der Waals surface area (Å²) in [6.45, 7) is 5.89. The van der Waals surface area contributed by atoms with Gasteiger partial charge in [0.25, 0.3) is 17.2 Å². The number of aryl methyl sites for hydroxylation is 2. The predicted octanol–water partition coefficient (Wildman–Crippen LogP) is 6.00. The van der Waals surface area contributed by atoms with Crippen LogP contribution in [0.25, 0.3) is 6.08 Å². The lowest BCUT2D eigenvalue weighted by Gasteiger charge is -2.25. The molecule has 0 spiro atoms. The Morgan fingerprint density at radius 2 is 1.70 bits per heavy atom. The first-order valence-electron chi connectivity index (χ1n) is 15.7. The molecule has 0 aliphatic carbocycles. The molecule has 1 aliphatic heterocycles. The first-order chi connectivity index (χ1) is 24.1. The maximum absolute atomic E-state index is 14.2. The van der Waals surface area contributed by atoms with Crippen LogP contribution < -0.4 is 34.4 Å². The standard InChI is InChI=1S/C38H34N4O7S/c1-22-6-16-30(23(2)18-22)40-36(43)34-24(3)39-38-41(35(34)27-10-14-29(47-4)15-11-27)37(44)33(50-38)20-26-9-17-31(32(19-26)48-5)49-21-25-7-12-28(13-8-25)42(45)46/h6-20,35H,21H2,1-5H3,(H,40,43)/b33-20+/t35-/m0/s1. The van der Waals surface area contributed by atoms with E-state index >= 15 is 0 Å². The minimum atomic E-state index is -0.741. The smallest absolute Gasteiger partial charge is 0.271 e. The largest absolute Gasteiger partial charge is 0.497 e. The normalized spacial score (nSPS) is 14.1. The molecular formula is C38H34N4O7S. The fraction of sp³-hybridized carbons (Fsp3) is 0.184. The number of non-ortho nitro benzene ring substituents is 1. The molecule has 0 radical (unpaired) electrons. The number of hydrogen-bond donors (Lipinski definition) is 1. The van der Waals surface area contributed by atoms with Gasteiger partial charge in [-0.3, -0.25) is 24.3 Å². The molecule has 0 saturated heterocycles. The van der Waals surface area contributed by atoms with Crippen molar-refractivity contribution in [3.63, 3.8) is 0 Å². The van der Waals surface area contributed by atoms with Gasteiger partial charge in [-0.25, -0.2) is 4.99 Å². The Labute approximate surface area is 291 Å². The minimum Gasteiger partial charge on any atom is -0.497 e. The van der Waals surface area contributed by atoms with E-state index in [4.69, 9.17) is 19.2 Å². The zero-order valence-corrected chi connectivity index (χ0v) is 28.9. The van der Waals surface area contributed by atoms with Gasteiger partial charge in [0, 0.05) is 17.8 Å². The molecule has 5 aromatic rings. The number of amides is 1. The first kappa shape index (κ1) is 33.9. The Bertz CT molecular complexity index is 2320. The second-order valence-electron chi connectivity index (χ2n) is 11.7. The zero-order chi connectivity index (χ0) is 35.5. The number of nitro groups is 1. The van der Waals surface area contributed by atoms with Crippen molar-refractivity contribution >= 4 is 34.7 Å². The second-order valence-corrected chi connectivity index (χ2v) is 12.8. The molecule has 50 heavy (non-hydrogen) atoms. The molecule has 2 heterocycles. The number of aromatic nitrogens is 1. The number of hydrogen-bond acceptors (Lipinski definition) is 9. The van der Waals surface area contributed by atoms with Gasteiger partial charge in [-0.05, 0) is 91.6 Å². The number of ether oxygens (including phenoxy) is 3. The summed E-state index contributed by atoms with van der Waals surface area (Å²) in [7, 11) is 3.10. The first-order valence-corrected chi connectivity index (χ1v) is 16.5. The Balaban J connectivity index is 1.35. The van der Waals surface area contributed by atoms with Gasteiger partial charge < -0.3 is 19.5 Å². The third-order valence-electron chi connectivity index (χ3n) is 8.35. The van der Waals surface area contributed by atoms with Crippen LogP contribution in [-0.2, 0) is 11.4 Å². The number of nitrogens with zero attached hydrogens (tertiary/aromatic N) is 3. The molecule has 1 aromatic heterocycles. The third-order valence-corrected chi connectivity index (χ3v) is 9.34. The quantitative estimate of drug-likeness (QED) is 0.140. The third kappa shape index (κ3) is 6.92. The number of nitrogens with one attached hydrogen (secondary N) is 1. The van der Waals surface area contributed by atoms with E-state index in [0.717, 1.165) is 22.3 Å². The highest BCUT2D eigenvalue weighted by Gasteiger charge is 2.32. The number of carbonyl (C=O) groups excluding carboxylic acids is 1. The van der Waals surface area contributed by atoms with Crippen molar-refractivity contribution in [2.75, 3.05) is 19.5 Å². The molecule has 4 aromatic carbocycles. The Kier molecular flexibility index (Phi) is 9.64. The molecule has 254 valence electrons. The Morgan fingerprint density at radius 1 is 0.960 bits per heavy atom. The van der Waals surface area contributed by atoms with E-state index in [1.54, 1.807) is 67.1 Å². The monoisotopic (exact) mass is 690 g/mol. The molecule has 1 atom stereocenters. The van der Waals surface area contributed by atoms with E-state index in [1.807, 2.05) is 44.2 Å². The van der Waals surface area contributed by atoms with Gasteiger partial charge in [0.05, 0.1) is 41.0 Å². The van der Waals surface area contributed by atoms with Gasteiger partial charge in [0.2, 0.25) is 0 Å². The van der Waals surface area contributed by atoms with E-state index in [0.29, 0.717) is 49.1 Å². The summed E-state index contributed by atoms with van der Waals surface area (Å²) >= 11 is 1.23. The Hall–Kier alpha value is -6.01. The molecule has 1 aliphatic rings. The van der Waals surface area contributed by atoms with Crippen molar-refractivity contribution in [1.29, 1.82) is 0 Å². The van der Waals surface area contributed by atoms with Crippen LogP contribution in [0.2, 0.25) is 0 Å².